The summed E-state index contributed by atoms with van der Waals surface area (Å²) in [5, 5.41) is 0. The van der Waals surface area contributed by atoms with Gasteiger partial charge in [-0.3, -0.25) is 4.79 Å². The Morgan fingerprint density at radius 3 is 2.36 bits per heavy atom. The van der Waals surface area contributed by atoms with Gasteiger partial charge in [-0.2, -0.15) is 0 Å². The molecule has 4 rings (SSSR count). The second-order valence-corrected chi connectivity index (χ2v) is 8.39. The zero-order valence-electron chi connectivity index (χ0n) is 19.9. The Balaban J connectivity index is 1.49. The monoisotopic (exact) mass is 494 g/mol. The summed E-state index contributed by atoms with van der Waals surface area (Å²) in [5.74, 6) is 5.81. The summed E-state index contributed by atoms with van der Waals surface area (Å²) in [6.45, 7) is 1.73. The van der Waals surface area contributed by atoms with E-state index in [-0.39, 0.29) is 30.2 Å². The standard InChI is InChI=1S/C29H25F3O4/c1-3-5-21(18-28(33)34-2)19-8-12-22(13-9-19)35-27-17-16-25-24(6-4-7-26(25)27)20-10-14-23(15-11-20)36-29(30,31)32/h4,6-15,21,27H,16-18H2,1-2H3. The molecule has 1 aliphatic rings. The Kier molecular flexibility index (Phi) is 7.54. The van der Waals surface area contributed by atoms with Gasteiger partial charge in [0.05, 0.1) is 19.4 Å². The molecule has 186 valence electrons. The lowest BCUT2D eigenvalue weighted by Gasteiger charge is -2.17. The van der Waals surface area contributed by atoms with Crippen molar-refractivity contribution >= 4 is 5.97 Å². The Hall–Kier alpha value is -3.92. The van der Waals surface area contributed by atoms with Crippen molar-refractivity contribution in [1.82, 2.24) is 0 Å². The molecule has 7 heteroatoms. The van der Waals surface area contributed by atoms with Crippen LogP contribution in [0.15, 0.2) is 66.7 Å². The summed E-state index contributed by atoms with van der Waals surface area (Å²) in [5.41, 5.74) is 4.89. The fraction of sp³-hybridized carbons (Fsp3) is 0.276. The van der Waals surface area contributed by atoms with Gasteiger partial charge in [0, 0.05) is 0 Å². The van der Waals surface area contributed by atoms with Gasteiger partial charge in [0.2, 0.25) is 0 Å². The van der Waals surface area contributed by atoms with Crippen LogP contribution in [0.5, 0.6) is 11.5 Å². The van der Waals surface area contributed by atoms with Gasteiger partial charge < -0.3 is 14.2 Å². The minimum atomic E-state index is -4.72. The van der Waals surface area contributed by atoms with Crippen LogP contribution in [0.2, 0.25) is 0 Å². The number of halogens is 3. The molecule has 2 atom stereocenters. The van der Waals surface area contributed by atoms with Gasteiger partial charge in [-0.15, -0.1) is 19.1 Å². The second kappa shape index (κ2) is 10.8. The molecular formula is C29H25F3O4. The van der Waals surface area contributed by atoms with Gasteiger partial charge in [-0.05, 0) is 71.8 Å². The first-order valence-corrected chi connectivity index (χ1v) is 11.5. The molecule has 0 saturated heterocycles. The summed E-state index contributed by atoms with van der Waals surface area (Å²) < 4.78 is 52.4. The van der Waals surface area contributed by atoms with E-state index in [4.69, 9.17) is 9.47 Å². The Morgan fingerprint density at radius 1 is 1.03 bits per heavy atom. The van der Waals surface area contributed by atoms with Gasteiger partial charge in [-0.25, -0.2) is 0 Å². The van der Waals surface area contributed by atoms with Crippen molar-refractivity contribution in [3.05, 3.63) is 83.4 Å². The van der Waals surface area contributed by atoms with E-state index in [0.29, 0.717) is 5.75 Å². The maximum Gasteiger partial charge on any atom is 0.573 e. The Morgan fingerprint density at radius 2 is 1.72 bits per heavy atom. The van der Waals surface area contributed by atoms with Gasteiger partial charge in [0.25, 0.3) is 0 Å². The minimum Gasteiger partial charge on any atom is -0.486 e. The van der Waals surface area contributed by atoms with E-state index in [1.807, 2.05) is 42.5 Å². The lowest BCUT2D eigenvalue weighted by atomic mass is 9.96. The highest BCUT2D eigenvalue weighted by Gasteiger charge is 2.31. The number of esters is 1. The van der Waals surface area contributed by atoms with Gasteiger partial charge in [0.1, 0.15) is 17.6 Å². The number of carbonyl (C=O) groups excluding carboxylic acids is 1. The highest BCUT2D eigenvalue weighted by Crippen LogP contribution is 2.40. The molecular weight excluding hydrogens is 469 g/mol. The maximum atomic E-state index is 12.5. The van der Waals surface area contributed by atoms with Gasteiger partial charge in [0.15, 0.2) is 0 Å². The van der Waals surface area contributed by atoms with Crippen LogP contribution < -0.4 is 9.47 Å². The number of rotatable bonds is 7. The van der Waals surface area contributed by atoms with Crippen LogP contribution in [-0.2, 0) is 16.0 Å². The molecule has 3 aromatic carbocycles. The molecule has 36 heavy (non-hydrogen) atoms. The smallest absolute Gasteiger partial charge is 0.486 e. The number of methoxy groups -OCH3 is 1. The molecule has 0 bridgehead atoms. The first kappa shape index (κ1) is 25.2. The summed E-state index contributed by atoms with van der Waals surface area (Å²) in [6.07, 6.45) is -3.10. The third-order valence-corrected chi connectivity index (χ3v) is 6.09. The molecule has 0 N–H and O–H groups in total. The average Bonchev–Trinajstić information content (AvgIpc) is 3.26. The normalized spacial score (nSPS) is 15.3. The first-order chi connectivity index (χ1) is 17.3. The summed E-state index contributed by atoms with van der Waals surface area (Å²) in [4.78, 5) is 11.7. The number of carbonyl (C=O) groups is 1. The highest BCUT2D eigenvalue weighted by molar-refractivity contribution is 5.71. The van der Waals surface area contributed by atoms with E-state index < -0.39 is 6.36 Å². The summed E-state index contributed by atoms with van der Waals surface area (Å²) in [7, 11) is 1.36. The SMILES string of the molecule is CC#CC(CC(=O)OC)c1ccc(OC2CCc3c(-c4ccc(OC(F)(F)F)cc4)cccc32)cc1. The molecule has 3 aromatic rings. The molecule has 2 unspecified atom stereocenters. The number of hydrogen-bond acceptors (Lipinski definition) is 4. The van der Waals surface area contributed by atoms with Crippen molar-refractivity contribution in [2.75, 3.05) is 7.11 Å². The number of fused-ring (bicyclic) bond motifs is 1. The van der Waals surface area contributed by atoms with Crippen molar-refractivity contribution in [3.63, 3.8) is 0 Å². The van der Waals surface area contributed by atoms with Crippen LogP contribution in [0.1, 0.15) is 48.5 Å². The fourth-order valence-corrected chi connectivity index (χ4v) is 4.46. The molecule has 1 aliphatic carbocycles. The van der Waals surface area contributed by atoms with Crippen molar-refractivity contribution in [3.8, 4) is 34.5 Å². The lowest BCUT2D eigenvalue weighted by Crippen LogP contribution is -2.16. The zero-order valence-corrected chi connectivity index (χ0v) is 19.9. The Bertz CT molecular complexity index is 1270. The molecule has 0 radical (unpaired) electrons. The van der Waals surface area contributed by atoms with E-state index in [1.54, 1.807) is 19.1 Å². The number of ether oxygens (including phenoxy) is 3. The predicted octanol–water partition coefficient (Wildman–Crippen LogP) is 6.99. The van der Waals surface area contributed by atoms with E-state index in [1.165, 1.54) is 19.2 Å². The highest BCUT2D eigenvalue weighted by atomic mass is 19.4. The third-order valence-electron chi connectivity index (χ3n) is 6.09. The molecule has 0 saturated carbocycles. The van der Waals surface area contributed by atoms with Crippen LogP contribution in [0.4, 0.5) is 13.2 Å². The topological polar surface area (TPSA) is 44.8 Å². The fourth-order valence-electron chi connectivity index (χ4n) is 4.46. The van der Waals surface area contributed by atoms with E-state index >= 15 is 0 Å². The molecule has 0 aliphatic heterocycles. The van der Waals surface area contributed by atoms with Crippen molar-refractivity contribution in [2.24, 2.45) is 0 Å². The third kappa shape index (κ3) is 6.01. The van der Waals surface area contributed by atoms with Crippen LogP contribution >= 0.6 is 0 Å². The number of alkyl halides is 3. The molecule has 0 fully saturated rings. The van der Waals surface area contributed by atoms with E-state index in [2.05, 4.69) is 16.6 Å². The summed E-state index contributed by atoms with van der Waals surface area (Å²) >= 11 is 0. The van der Waals surface area contributed by atoms with Crippen LogP contribution in [0, 0.1) is 11.8 Å². The molecule has 0 spiro atoms. The van der Waals surface area contributed by atoms with Crippen LogP contribution in [0.25, 0.3) is 11.1 Å². The Labute approximate surface area is 208 Å². The molecule has 0 heterocycles. The minimum absolute atomic E-state index is 0.139. The first-order valence-electron chi connectivity index (χ1n) is 11.5. The predicted molar refractivity (Wildman–Crippen MR) is 130 cm³/mol. The van der Waals surface area contributed by atoms with Crippen molar-refractivity contribution in [2.45, 2.75) is 44.6 Å². The lowest BCUT2D eigenvalue weighted by molar-refractivity contribution is -0.274. The number of hydrogen-bond donors (Lipinski definition) is 0. The van der Waals surface area contributed by atoms with E-state index in [0.717, 1.165) is 40.7 Å². The van der Waals surface area contributed by atoms with Gasteiger partial charge >= 0.3 is 12.3 Å². The van der Waals surface area contributed by atoms with Gasteiger partial charge in [-0.1, -0.05) is 48.4 Å². The largest absolute Gasteiger partial charge is 0.573 e. The summed E-state index contributed by atoms with van der Waals surface area (Å²) in [6, 6.07) is 19.4. The quantitative estimate of drug-likeness (QED) is 0.262. The maximum absolute atomic E-state index is 12.5. The molecule has 4 nitrogen and oxygen atoms in total. The zero-order chi connectivity index (χ0) is 25.7. The van der Waals surface area contributed by atoms with Crippen molar-refractivity contribution < 1.29 is 32.2 Å². The molecule has 0 aromatic heterocycles. The molecule has 0 amide bonds. The number of benzene rings is 3. The second-order valence-electron chi connectivity index (χ2n) is 8.39. The average molecular weight is 495 g/mol. The van der Waals surface area contributed by atoms with Crippen LogP contribution in [0.3, 0.4) is 0 Å². The van der Waals surface area contributed by atoms with Crippen LogP contribution in [-0.4, -0.2) is 19.4 Å². The van der Waals surface area contributed by atoms with Crippen molar-refractivity contribution in [1.29, 1.82) is 0 Å². The van der Waals surface area contributed by atoms with E-state index in [9.17, 15) is 18.0 Å².